The number of fused-ring (bicyclic) bond motifs is 3. The Morgan fingerprint density at radius 3 is 2.58 bits per heavy atom. The van der Waals surface area contributed by atoms with Crippen LogP contribution in [0.5, 0.6) is 0 Å². The minimum Gasteiger partial charge on any atom is -0.364 e. The maximum absolute atomic E-state index is 12.6. The van der Waals surface area contributed by atoms with Crippen molar-refractivity contribution in [2.45, 2.75) is 82.1 Å². The van der Waals surface area contributed by atoms with Crippen LogP contribution in [0.25, 0.3) is 11.0 Å². The molecule has 316 valence electrons. The average Bonchev–Trinajstić information content (AvgIpc) is 3.85. The number of piperidine rings is 2. The lowest BCUT2D eigenvalue weighted by Gasteiger charge is -2.54. The van der Waals surface area contributed by atoms with Gasteiger partial charge in [0.2, 0.25) is 18.2 Å². The Hall–Kier alpha value is -5.41. The van der Waals surface area contributed by atoms with E-state index in [1.54, 1.807) is 6.20 Å². The first-order valence-corrected chi connectivity index (χ1v) is 21.7. The number of imide groups is 1. The molecule has 5 heterocycles. The average molecular weight is 817 g/mol. The van der Waals surface area contributed by atoms with Crippen LogP contribution in [0.2, 0.25) is 0 Å². The fourth-order valence-electron chi connectivity index (χ4n) is 10.7. The number of likely N-dealkylation sites (tertiary alicyclic amines) is 1. The SMILES string of the molecule is CN(C)CCN(C=O)C1CCCN(c2cnc(C(N)=O)c(Nc3ccc(C4CCC5(CC4)CN(CC4Cc6ccc7c(C8CCC(=O)NC8=O)noc7c6C4)C5)cc3)n2)C1. The van der Waals surface area contributed by atoms with Crippen molar-refractivity contribution in [3.63, 3.8) is 0 Å². The second-order valence-electron chi connectivity index (χ2n) is 18.3. The fraction of sp³-hybridized carbons (Fsp3) is 0.533. The van der Waals surface area contributed by atoms with E-state index >= 15 is 0 Å². The Morgan fingerprint density at radius 2 is 1.85 bits per heavy atom. The number of benzene rings is 2. The number of nitrogens with one attached hydrogen (secondary N) is 2. The molecule has 2 aromatic heterocycles. The summed E-state index contributed by atoms with van der Waals surface area (Å²) in [6.07, 6.45) is 11.9. The zero-order valence-corrected chi connectivity index (χ0v) is 34.7. The Morgan fingerprint density at radius 1 is 1.05 bits per heavy atom. The summed E-state index contributed by atoms with van der Waals surface area (Å²) in [5.41, 5.74) is 12.4. The largest absolute Gasteiger partial charge is 0.364 e. The van der Waals surface area contributed by atoms with Gasteiger partial charge < -0.3 is 35.2 Å². The van der Waals surface area contributed by atoms with Crippen LogP contribution in [0.1, 0.15) is 96.1 Å². The first-order valence-electron chi connectivity index (χ1n) is 21.7. The summed E-state index contributed by atoms with van der Waals surface area (Å²) in [5.74, 6) is 0.405. The number of hydrogen-bond acceptors (Lipinski definition) is 12. The summed E-state index contributed by atoms with van der Waals surface area (Å²) in [5, 5.41) is 11.0. The van der Waals surface area contributed by atoms with E-state index in [9.17, 15) is 19.2 Å². The molecule has 3 unspecified atom stereocenters. The molecular formula is C45H56N10O5. The minimum absolute atomic E-state index is 0.0745. The summed E-state index contributed by atoms with van der Waals surface area (Å²) in [7, 11) is 4.01. The van der Waals surface area contributed by atoms with Crippen LogP contribution in [0.3, 0.4) is 0 Å². The van der Waals surface area contributed by atoms with Gasteiger partial charge in [0, 0.05) is 74.9 Å². The third-order valence-electron chi connectivity index (χ3n) is 13.9. The minimum atomic E-state index is -0.644. The lowest BCUT2D eigenvalue weighted by Crippen LogP contribution is -2.58. The Kier molecular flexibility index (Phi) is 11.0. The number of primary amides is 1. The smallest absolute Gasteiger partial charge is 0.271 e. The van der Waals surface area contributed by atoms with Gasteiger partial charge in [-0.2, -0.15) is 0 Å². The maximum Gasteiger partial charge on any atom is 0.271 e. The highest BCUT2D eigenvalue weighted by Crippen LogP contribution is 2.49. The van der Waals surface area contributed by atoms with E-state index in [2.05, 4.69) is 65.8 Å². The molecular weight excluding hydrogens is 761 g/mol. The van der Waals surface area contributed by atoms with Crippen LogP contribution < -0.4 is 21.3 Å². The standard InChI is InChI=1S/C45H56N10O5/c1-52(2)18-19-55(27-56)33-4-3-17-54(24-33)37-22-47-40(42(46)58)43(49-37)48-32-8-5-29(6-9-32)30-13-15-45(16-14-30)25-53(26-45)23-28-20-31-7-10-34-39(51-60-41(34)36(31)21-28)35-11-12-38(57)50-44(35)59/h5-10,22,27-28,30,33,35H,3-4,11-21,23-26H2,1-2H3,(H2,46,58)(H,48,49)(H,50,57,59). The van der Waals surface area contributed by atoms with Crippen molar-refractivity contribution in [2.75, 3.05) is 70.1 Å². The summed E-state index contributed by atoms with van der Waals surface area (Å²) in [6.45, 7) is 6.27. The first kappa shape index (κ1) is 40.0. The van der Waals surface area contributed by atoms with Crippen LogP contribution in [0.4, 0.5) is 17.3 Å². The number of carbonyl (C=O) groups is 4. The lowest BCUT2D eigenvalue weighted by molar-refractivity contribution is -0.134. The fourth-order valence-corrected chi connectivity index (χ4v) is 10.7. The normalized spacial score (nSPS) is 23.1. The second kappa shape index (κ2) is 16.6. The number of aromatic nitrogens is 3. The summed E-state index contributed by atoms with van der Waals surface area (Å²) >= 11 is 0. The van der Waals surface area contributed by atoms with Gasteiger partial charge in [-0.1, -0.05) is 23.4 Å². The lowest BCUT2D eigenvalue weighted by atomic mass is 9.64. The highest BCUT2D eigenvalue weighted by atomic mass is 16.5. The van der Waals surface area contributed by atoms with Crippen LogP contribution in [0, 0.1) is 11.3 Å². The van der Waals surface area contributed by atoms with Gasteiger partial charge in [-0.15, -0.1) is 0 Å². The molecule has 4 fully saturated rings. The van der Waals surface area contributed by atoms with E-state index in [0.717, 1.165) is 81.5 Å². The van der Waals surface area contributed by atoms with Gasteiger partial charge in [-0.05, 0) is 118 Å². The molecule has 1 saturated carbocycles. The highest BCUT2D eigenvalue weighted by molar-refractivity contribution is 6.02. The number of likely N-dealkylation sites (N-methyl/N-ethyl adjacent to an activating group) is 1. The van der Waals surface area contributed by atoms with Gasteiger partial charge >= 0.3 is 0 Å². The van der Waals surface area contributed by atoms with Crippen molar-refractivity contribution >= 4 is 52.4 Å². The molecule has 3 aliphatic heterocycles. The third-order valence-corrected chi connectivity index (χ3v) is 13.9. The van der Waals surface area contributed by atoms with E-state index in [-0.39, 0.29) is 23.6 Å². The Balaban J connectivity index is 0.769. The first-order chi connectivity index (χ1) is 29.0. The van der Waals surface area contributed by atoms with Crippen molar-refractivity contribution in [3.05, 3.63) is 70.7 Å². The van der Waals surface area contributed by atoms with Gasteiger partial charge in [-0.3, -0.25) is 24.5 Å². The number of rotatable bonds is 13. The molecule has 2 aromatic carbocycles. The molecule has 4 aromatic rings. The topological polar surface area (TPSA) is 183 Å². The zero-order chi connectivity index (χ0) is 41.5. The number of hydrogen-bond donors (Lipinski definition) is 3. The molecule has 9 rings (SSSR count). The van der Waals surface area contributed by atoms with E-state index in [1.165, 1.54) is 42.4 Å². The van der Waals surface area contributed by atoms with Crippen LogP contribution in [0.15, 0.2) is 47.1 Å². The summed E-state index contributed by atoms with van der Waals surface area (Å²) in [6, 6.07) is 12.8. The molecule has 4 amide bonds. The maximum atomic E-state index is 12.6. The molecule has 5 aliphatic rings. The summed E-state index contributed by atoms with van der Waals surface area (Å²) < 4.78 is 5.88. The van der Waals surface area contributed by atoms with Gasteiger partial charge in [0.25, 0.3) is 5.91 Å². The number of amides is 4. The third kappa shape index (κ3) is 8.08. The Labute approximate surface area is 350 Å². The van der Waals surface area contributed by atoms with E-state index in [4.69, 9.17) is 15.2 Å². The number of carbonyl (C=O) groups excluding carboxylic acids is 4. The van der Waals surface area contributed by atoms with E-state index < -0.39 is 11.8 Å². The molecule has 0 bridgehead atoms. The number of anilines is 3. The molecule has 15 heteroatoms. The van der Waals surface area contributed by atoms with Crippen LogP contribution in [-0.4, -0.2) is 120 Å². The number of nitrogens with two attached hydrogens (primary N) is 1. The van der Waals surface area contributed by atoms with Crippen molar-refractivity contribution in [1.82, 2.24) is 35.1 Å². The molecule has 0 radical (unpaired) electrons. The van der Waals surface area contributed by atoms with Crippen molar-refractivity contribution in [2.24, 2.45) is 17.1 Å². The molecule has 4 N–H and O–H groups in total. The summed E-state index contributed by atoms with van der Waals surface area (Å²) in [4.78, 5) is 66.6. The molecule has 15 nitrogen and oxygen atoms in total. The van der Waals surface area contributed by atoms with Gasteiger partial charge in [0.1, 0.15) is 11.5 Å². The van der Waals surface area contributed by atoms with Crippen molar-refractivity contribution in [3.8, 4) is 0 Å². The predicted octanol–water partition coefficient (Wildman–Crippen LogP) is 4.34. The molecule has 3 atom stereocenters. The second-order valence-corrected chi connectivity index (χ2v) is 18.3. The molecule has 60 heavy (non-hydrogen) atoms. The van der Waals surface area contributed by atoms with Crippen molar-refractivity contribution < 1.29 is 23.7 Å². The van der Waals surface area contributed by atoms with Gasteiger partial charge in [0.15, 0.2) is 17.1 Å². The highest BCUT2D eigenvalue weighted by Gasteiger charge is 2.46. The molecule has 3 saturated heterocycles. The quantitative estimate of drug-likeness (QED) is 0.128. The van der Waals surface area contributed by atoms with E-state index in [1.807, 2.05) is 25.1 Å². The van der Waals surface area contributed by atoms with Gasteiger partial charge in [-0.25, -0.2) is 9.97 Å². The van der Waals surface area contributed by atoms with E-state index in [0.29, 0.717) is 60.5 Å². The molecule has 1 spiro atoms. The van der Waals surface area contributed by atoms with Crippen LogP contribution >= 0.6 is 0 Å². The monoisotopic (exact) mass is 816 g/mol. The number of nitrogens with zero attached hydrogens (tertiary/aromatic N) is 7. The Bertz CT molecular complexity index is 2260. The molecule has 2 aliphatic carbocycles. The van der Waals surface area contributed by atoms with Crippen molar-refractivity contribution in [1.29, 1.82) is 0 Å². The van der Waals surface area contributed by atoms with Crippen LogP contribution in [-0.2, 0) is 27.2 Å². The zero-order valence-electron chi connectivity index (χ0n) is 34.7. The predicted molar refractivity (Wildman–Crippen MR) is 227 cm³/mol. The van der Waals surface area contributed by atoms with Gasteiger partial charge in [0.05, 0.1) is 12.1 Å².